The van der Waals surface area contributed by atoms with Crippen molar-refractivity contribution in [3.8, 4) is 11.8 Å². The molecule has 96 valence electrons. The van der Waals surface area contributed by atoms with Crippen LogP contribution < -0.4 is 0 Å². The predicted octanol–water partition coefficient (Wildman–Crippen LogP) is -0.120. The molecule has 0 bridgehead atoms. The first-order valence-electron chi connectivity index (χ1n) is 5.68. The van der Waals surface area contributed by atoms with E-state index < -0.39 is 0 Å². The molecule has 1 heterocycles. The maximum Gasteiger partial charge on any atom is 0.272 e. The number of carbonyl (C=O) groups excluding carboxylic acids is 1. The van der Waals surface area contributed by atoms with Gasteiger partial charge >= 0.3 is 0 Å². The molecule has 0 aliphatic heterocycles. The van der Waals surface area contributed by atoms with E-state index in [4.69, 9.17) is 10.2 Å². The van der Waals surface area contributed by atoms with Crippen LogP contribution in [0.3, 0.4) is 0 Å². The number of rotatable bonds is 4. The third kappa shape index (κ3) is 3.84. The van der Waals surface area contributed by atoms with Crippen molar-refractivity contribution in [1.82, 2.24) is 9.88 Å². The van der Waals surface area contributed by atoms with Gasteiger partial charge in [-0.2, -0.15) is 0 Å². The molecule has 2 N–H and O–H groups in total. The highest BCUT2D eigenvalue weighted by Crippen LogP contribution is 2.03. The van der Waals surface area contributed by atoms with Crippen LogP contribution in [-0.2, 0) is 0 Å². The Morgan fingerprint density at radius 2 is 2.22 bits per heavy atom. The molecule has 0 saturated heterocycles. The Balaban J connectivity index is 2.80. The SMILES string of the molecule is CCN(CCO)C(=O)c1ccc(C#CCO)cn1. The molecule has 1 aromatic heterocycles. The molecule has 0 atom stereocenters. The van der Waals surface area contributed by atoms with E-state index in [0.717, 1.165) is 0 Å². The minimum atomic E-state index is -0.215. The maximum atomic E-state index is 12.0. The van der Waals surface area contributed by atoms with E-state index in [9.17, 15) is 4.79 Å². The number of hydrogen-bond donors (Lipinski definition) is 2. The van der Waals surface area contributed by atoms with E-state index in [-0.39, 0.29) is 19.1 Å². The number of likely N-dealkylation sites (N-methyl/N-ethyl adjacent to an activating group) is 1. The summed E-state index contributed by atoms with van der Waals surface area (Å²) in [6.07, 6.45) is 1.49. The number of pyridine rings is 1. The number of aliphatic hydroxyl groups is 2. The molecule has 5 nitrogen and oxygen atoms in total. The van der Waals surface area contributed by atoms with Crippen LogP contribution in [0.1, 0.15) is 23.0 Å². The van der Waals surface area contributed by atoms with E-state index in [2.05, 4.69) is 16.8 Å². The lowest BCUT2D eigenvalue weighted by Crippen LogP contribution is -2.33. The normalized spacial score (nSPS) is 9.50. The number of carbonyl (C=O) groups is 1. The molecule has 18 heavy (non-hydrogen) atoms. The zero-order valence-corrected chi connectivity index (χ0v) is 10.3. The van der Waals surface area contributed by atoms with Gasteiger partial charge in [0.2, 0.25) is 0 Å². The second kappa shape index (κ2) is 7.43. The van der Waals surface area contributed by atoms with E-state index >= 15 is 0 Å². The van der Waals surface area contributed by atoms with Crippen molar-refractivity contribution >= 4 is 5.91 Å². The zero-order valence-electron chi connectivity index (χ0n) is 10.3. The number of hydrogen-bond acceptors (Lipinski definition) is 4. The van der Waals surface area contributed by atoms with Crippen molar-refractivity contribution in [3.05, 3.63) is 29.6 Å². The summed E-state index contributed by atoms with van der Waals surface area (Å²) in [6.45, 7) is 2.38. The average molecular weight is 248 g/mol. The van der Waals surface area contributed by atoms with Gasteiger partial charge in [-0.3, -0.25) is 4.79 Å². The van der Waals surface area contributed by atoms with Gasteiger partial charge in [-0.25, -0.2) is 4.98 Å². The van der Waals surface area contributed by atoms with Crippen molar-refractivity contribution in [2.45, 2.75) is 6.92 Å². The number of nitrogens with zero attached hydrogens (tertiary/aromatic N) is 2. The Labute approximate surface area is 106 Å². The molecule has 0 radical (unpaired) electrons. The number of aromatic nitrogens is 1. The smallest absolute Gasteiger partial charge is 0.272 e. The molecule has 5 heteroatoms. The van der Waals surface area contributed by atoms with Crippen molar-refractivity contribution in [1.29, 1.82) is 0 Å². The highest BCUT2D eigenvalue weighted by atomic mass is 16.3. The predicted molar refractivity (Wildman–Crippen MR) is 66.9 cm³/mol. The molecule has 0 aromatic carbocycles. The summed E-state index contributed by atoms with van der Waals surface area (Å²) in [5.41, 5.74) is 0.964. The Bertz CT molecular complexity index is 446. The van der Waals surface area contributed by atoms with Gasteiger partial charge in [-0.05, 0) is 19.1 Å². The summed E-state index contributed by atoms with van der Waals surface area (Å²) in [5, 5.41) is 17.4. The van der Waals surface area contributed by atoms with Crippen LogP contribution >= 0.6 is 0 Å². The van der Waals surface area contributed by atoms with Gasteiger partial charge in [0.15, 0.2) is 0 Å². The summed E-state index contributed by atoms with van der Waals surface area (Å²) in [6, 6.07) is 3.26. The quantitative estimate of drug-likeness (QED) is 0.729. The lowest BCUT2D eigenvalue weighted by Gasteiger charge is -2.18. The average Bonchev–Trinajstić information content (AvgIpc) is 2.42. The summed E-state index contributed by atoms with van der Waals surface area (Å²) in [5.74, 6) is 4.99. The van der Waals surface area contributed by atoms with Crippen LogP contribution in [0.25, 0.3) is 0 Å². The lowest BCUT2D eigenvalue weighted by atomic mass is 10.2. The Kier molecular flexibility index (Phi) is 5.85. The monoisotopic (exact) mass is 248 g/mol. The standard InChI is InChI=1S/C13H16N2O3/c1-2-15(7-9-17)13(18)12-6-5-11(10-14-12)4-3-8-16/h5-6,10,16-17H,2,7-9H2,1H3. The van der Waals surface area contributed by atoms with Gasteiger partial charge in [0.1, 0.15) is 12.3 Å². The molecule has 0 aliphatic rings. The summed E-state index contributed by atoms with van der Waals surface area (Å²) >= 11 is 0. The second-order valence-corrected chi connectivity index (χ2v) is 3.50. The van der Waals surface area contributed by atoms with Gasteiger partial charge in [0, 0.05) is 24.8 Å². The molecule has 1 rings (SSSR count). The van der Waals surface area contributed by atoms with Crippen molar-refractivity contribution in [2.75, 3.05) is 26.3 Å². The summed E-state index contributed by atoms with van der Waals surface area (Å²) in [7, 11) is 0. The van der Waals surface area contributed by atoms with E-state index in [1.54, 1.807) is 12.1 Å². The fourth-order valence-electron chi connectivity index (χ4n) is 1.42. The molecular weight excluding hydrogens is 232 g/mol. The summed E-state index contributed by atoms with van der Waals surface area (Å²) in [4.78, 5) is 17.5. The van der Waals surface area contributed by atoms with Gasteiger partial charge in [0.05, 0.1) is 6.61 Å². The third-order valence-electron chi connectivity index (χ3n) is 2.33. The fraction of sp³-hybridized carbons (Fsp3) is 0.385. The van der Waals surface area contributed by atoms with Crippen LogP contribution in [0.5, 0.6) is 0 Å². The van der Waals surface area contributed by atoms with Gasteiger partial charge < -0.3 is 15.1 Å². The van der Waals surface area contributed by atoms with Crippen LogP contribution in [0.4, 0.5) is 0 Å². The second-order valence-electron chi connectivity index (χ2n) is 3.50. The first-order chi connectivity index (χ1) is 8.72. The molecule has 0 unspecified atom stereocenters. The molecular formula is C13H16N2O3. The van der Waals surface area contributed by atoms with Gasteiger partial charge in [0.25, 0.3) is 5.91 Å². The molecule has 0 saturated carbocycles. The highest BCUT2D eigenvalue weighted by Gasteiger charge is 2.14. The minimum Gasteiger partial charge on any atom is -0.395 e. The van der Waals surface area contributed by atoms with E-state index in [1.165, 1.54) is 11.1 Å². The lowest BCUT2D eigenvalue weighted by molar-refractivity contribution is 0.0726. The van der Waals surface area contributed by atoms with Crippen molar-refractivity contribution < 1.29 is 15.0 Å². The maximum absolute atomic E-state index is 12.0. The van der Waals surface area contributed by atoms with Gasteiger partial charge in [-0.1, -0.05) is 11.8 Å². The van der Waals surface area contributed by atoms with Crippen LogP contribution in [-0.4, -0.2) is 52.3 Å². The first kappa shape index (κ1) is 14.2. The van der Waals surface area contributed by atoms with Gasteiger partial charge in [-0.15, -0.1) is 0 Å². The Hall–Kier alpha value is -1.90. The molecule has 1 amide bonds. The summed E-state index contributed by atoms with van der Waals surface area (Å²) < 4.78 is 0. The zero-order chi connectivity index (χ0) is 13.4. The molecule has 0 aliphatic carbocycles. The number of aliphatic hydroxyl groups excluding tert-OH is 2. The first-order valence-corrected chi connectivity index (χ1v) is 5.68. The molecule has 1 aromatic rings. The van der Waals surface area contributed by atoms with Crippen molar-refractivity contribution in [2.24, 2.45) is 0 Å². The van der Waals surface area contributed by atoms with Crippen molar-refractivity contribution in [3.63, 3.8) is 0 Å². The van der Waals surface area contributed by atoms with E-state index in [0.29, 0.717) is 24.3 Å². The molecule has 0 spiro atoms. The van der Waals surface area contributed by atoms with Crippen LogP contribution in [0.15, 0.2) is 18.3 Å². The fourth-order valence-corrected chi connectivity index (χ4v) is 1.42. The van der Waals surface area contributed by atoms with Crippen LogP contribution in [0, 0.1) is 11.8 Å². The third-order valence-corrected chi connectivity index (χ3v) is 2.33. The number of amides is 1. The van der Waals surface area contributed by atoms with E-state index in [1.807, 2.05) is 6.92 Å². The largest absolute Gasteiger partial charge is 0.395 e. The van der Waals surface area contributed by atoms with Crippen LogP contribution in [0.2, 0.25) is 0 Å². The minimum absolute atomic E-state index is 0.0698. The Morgan fingerprint density at radius 3 is 2.72 bits per heavy atom. The topological polar surface area (TPSA) is 73.7 Å². The Morgan fingerprint density at radius 1 is 1.44 bits per heavy atom. The highest BCUT2D eigenvalue weighted by molar-refractivity contribution is 5.92. The molecule has 0 fully saturated rings.